The highest BCUT2D eigenvalue weighted by Crippen LogP contribution is 2.22. The van der Waals surface area contributed by atoms with Crippen LogP contribution in [-0.2, 0) is 28.0 Å². The number of anilines is 1. The molecule has 0 saturated heterocycles. The molecular formula is C25H28N2O5S. The van der Waals surface area contributed by atoms with Gasteiger partial charge in [0.25, 0.3) is 0 Å². The number of sulfonamides is 1. The van der Waals surface area contributed by atoms with Gasteiger partial charge in [-0.15, -0.1) is 0 Å². The number of amides is 1. The molecule has 0 spiro atoms. The van der Waals surface area contributed by atoms with Crippen LogP contribution in [0.1, 0.15) is 18.1 Å². The van der Waals surface area contributed by atoms with Crippen LogP contribution in [0.5, 0.6) is 11.5 Å². The summed E-state index contributed by atoms with van der Waals surface area (Å²) in [6, 6.07) is 23.8. The molecule has 3 aromatic carbocycles. The molecular weight excluding hydrogens is 440 g/mol. The fraction of sp³-hybridized carbons (Fsp3) is 0.240. The lowest BCUT2D eigenvalue weighted by Crippen LogP contribution is -2.40. The Hall–Kier alpha value is -3.52. The lowest BCUT2D eigenvalue weighted by molar-refractivity contribution is -0.119. The van der Waals surface area contributed by atoms with Crippen molar-refractivity contribution in [2.45, 2.75) is 20.1 Å². The fourth-order valence-electron chi connectivity index (χ4n) is 3.15. The van der Waals surface area contributed by atoms with E-state index in [0.717, 1.165) is 27.4 Å². The summed E-state index contributed by atoms with van der Waals surface area (Å²) in [6.45, 7) is 2.80. The van der Waals surface area contributed by atoms with Gasteiger partial charge in [0.15, 0.2) is 0 Å². The molecule has 33 heavy (non-hydrogen) atoms. The summed E-state index contributed by atoms with van der Waals surface area (Å²) in [7, 11) is -3.67. The average Bonchev–Trinajstić information content (AvgIpc) is 2.81. The van der Waals surface area contributed by atoms with Crippen molar-refractivity contribution >= 4 is 21.6 Å². The van der Waals surface area contributed by atoms with Crippen LogP contribution in [0.3, 0.4) is 0 Å². The van der Waals surface area contributed by atoms with Gasteiger partial charge in [0.1, 0.15) is 24.7 Å². The summed E-state index contributed by atoms with van der Waals surface area (Å²) in [6.07, 6.45) is 1.08. The van der Waals surface area contributed by atoms with Crippen molar-refractivity contribution < 1.29 is 22.7 Å². The highest BCUT2D eigenvalue weighted by Gasteiger charge is 2.21. The van der Waals surface area contributed by atoms with E-state index in [9.17, 15) is 13.2 Å². The summed E-state index contributed by atoms with van der Waals surface area (Å²) >= 11 is 0. The van der Waals surface area contributed by atoms with Crippen LogP contribution in [0.15, 0.2) is 78.9 Å². The van der Waals surface area contributed by atoms with Crippen LogP contribution in [0.4, 0.5) is 5.69 Å². The largest absolute Gasteiger partial charge is 0.494 e. The van der Waals surface area contributed by atoms with Gasteiger partial charge in [0.2, 0.25) is 15.9 Å². The minimum absolute atomic E-state index is 0.267. The number of hydrogen-bond acceptors (Lipinski definition) is 5. The van der Waals surface area contributed by atoms with Gasteiger partial charge in [-0.3, -0.25) is 9.10 Å². The van der Waals surface area contributed by atoms with E-state index < -0.39 is 15.9 Å². The van der Waals surface area contributed by atoms with Crippen LogP contribution in [0.25, 0.3) is 0 Å². The molecule has 1 amide bonds. The minimum Gasteiger partial charge on any atom is -0.494 e. The van der Waals surface area contributed by atoms with E-state index in [1.54, 1.807) is 24.3 Å². The average molecular weight is 469 g/mol. The number of rotatable bonds is 11. The lowest BCUT2D eigenvalue weighted by atomic mass is 10.2. The first-order valence-corrected chi connectivity index (χ1v) is 12.4. The maximum absolute atomic E-state index is 12.5. The Morgan fingerprint density at radius 2 is 1.58 bits per heavy atom. The molecule has 0 fully saturated rings. The third-order valence-electron chi connectivity index (χ3n) is 4.76. The maximum Gasteiger partial charge on any atom is 0.241 e. The summed E-state index contributed by atoms with van der Waals surface area (Å²) in [5.74, 6) is 0.915. The Kier molecular flexibility index (Phi) is 8.32. The Bertz CT molecular complexity index is 1150. The van der Waals surface area contributed by atoms with E-state index in [2.05, 4.69) is 5.32 Å². The van der Waals surface area contributed by atoms with Gasteiger partial charge in [-0.25, -0.2) is 8.42 Å². The smallest absolute Gasteiger partial charge is 0.241 e. The molecule has 3 aromatic rings. The highest BCUT2D eigenvalue weighted by molar-refractivity contribution is 7.92. The second-order valence-electron chi connectivity index (χ2n) is 7.39. The van der Waals surface area contributed by atoms with Crippen molar-refractivity contribution in [3.8, 4) is 11.5 Å². The maximum atomic E-state index is 12.5. The van der Waals surface area contributed by atoms with E-state index in [1.807, 2.05) is 61.5 Å². The Balaban J connectivity index is 1.61. The molecule has 0 aliphatic rings. The van der Waals surface area contributed by atoms with Gasteiger partial charge in [-0.2, -0.15) is 0 Å². The molecule has 174 valence electrons. The van der Waals surface area contributed by atoms with Crippen molar-refractivity contribution in [3.63, 3.8) is 0 Å². The van der Waals surface area contributed by atoms with Crippen molar-refractivity contribution in [2.75, 3.05) is 23.7 Å². The zero-order chi connectivity index (χ0) is 23.7. The van der Waals surface area contributed by atoms with E-state index in [0.29, 0.717) is 24.7 Å². The van der Waals surface area contributed by atoms with Gasteiger partial charge in [-0.1, -0.05) is 42.5 Å². The molecule has 0 aliphatic heterocycles. The van der Waals surface area contributed by atoms with Crippen LogP contribution in [0, 0.1) is 0 Å². The van der Waals surface area contributed by atoms with E-state index in [4.69, 9.17) is 9.47 Å². The zero-order valence-corrected chi connectivity index (χ0v) is 19.5. The Labute approximate surface area is 195 Å². The Morgan fingerprint density at radius 3 is 2.24 bits per heavy atom. The quantitative estimate of drug-likeness (QED) is 0.463. The number of nitrogens with zero attached hydrogens (tertiary/aromatic N) is 1. The second-order valence-corrected chi connectivity index (χ2v) is 9.30. The number of hydrogen-bond donors (Lipinski definition) is 1. The normalized spacial score (nSPS) is 11.0. The monoisotopic (exact) mass is 468 g/mol. The highest BCUT2D eigenvalue weighted by atomic mass is 32.2. The zero-order valence-electron chi connectivity index (χ0n) is 18.7. The lowest BCUT2D eigenvalue weighted by Gasteiger charge is -2.22. The molecule has 0 unspecified atom stereocenters. The predicted molar refractivity (Wildman–Crippen MR) is 129 cm³/mol. The van der Waals surface area contributed by atoms with Crippen molar-refractivity contribution in [2.24, 2.45) is 0 Å². The first-order chi connectivity index (χ1) is 15.8. The van der Waals surface area contributed by atoms with E-state index >= 15 is 0 Å². The third-order valence-corrected chi connectivity index (χ3v) is 5.90. The SMILES string of the molecule is CCOc1cccc(CNC(=O)CN(c2ccc(OCc3ccccc3)cc2)S(C)(=O)=O)c1. The number of carbonyl (C=O) groups is 1. The molecule has 0 atom stereocenters. The van der Waals surface area contributed by atoms with Crippen LogP contribution < -0.4 is 19.1 Å². The van der Waals surface area contributed by atoms with E-state index in [-0.39, 0.29) is 13.1 Å². The van der Waals surface area contributed by atoms with E-state index in [1.165, 1.54) is 0 Å². The summed E-state index contributed by atoms with van der Waals surface area (Å²) in [4.78, 5) is 12.5. The minimum atomic E-state index is -3.67. The first kappa shape index (κ1) is 24.1. The molecule has 0 saturated carbocycles. The van der Waals surface area contributed by atoms with Crippen LogP contribution >= 0.6 is 0 Å². The molecule has 0 aromatic heterocycles. The van der Waals surface area contributed by atoms with Gasteiger partial charge in [0.05, 0.1) is 18.6 Å². The molecule has 0 aliphatic carbocycles. The van der Waals surface area contributed by atoms with Crippen molar-refractivity contribution in [3.05, 3.63) is 90.0 Å². The fourth-order valence-corrected chi connectivity index (χ4v) is 4.00. The number of carbonyl (C=O) groups excluding carboxylic acids is 1. The summed E-state index contributed by atoms with van der Waals surface area (Å²) in [5, 5.41) is 2.77. The topological polar surface area (TPSA) is 84.9 Å². The van der Waals surface area contributed by atoms with Gasteiger partial charge in [-0.05, 0) is 54.4 Å². The molecule has 3 rings (SSSR count). The van der Waals surface area contributed by atoms with Crippen molar-refractivity contribution in [1.82, 2.24) is 5.32 Å². The van der Waals surface area contributed by atoms with Gasteiger partial charge < -0.3 is 14.8 Å². The van der Waals surface area contributed by atoms with Crippen LogP contribution in [-0.4, -0.2) is 33.7 Å². The van der Waals surface area contributed by atoms with Crippen LogP contribution in [0.2, 0.25) is 0 Å². The van der Waals surface area contributed by atoms with Gasteiger partial charge >= 0.3 is 0 Å². The Morgan fingerprint density at radius 1 is 0.879 bits per heavy atom. The molecule has 7 nitrogen and oxygen atoms in total. The first-order valence-electron chi connectivity index (χ1n) is 10.6. The van der Waals surface area contributed by atoms with Gasteiger partial charge in [0, 0.05) is 6.54 Å². The molecule has 1 N–H and O–H groups in total. The number of benzene rings is 3. The second kappa shape index (κ2) is 11.4. The predicted octanol–water partition coefficient (Wildman–Crippen LogP) is 3.75. The summed E-state index contributed by atoms with van der Waals surface area (Å²) < 4.78 is 37.0. The number of ether oxygens (including phenoxy) is 2. The summed E-state index contributed by atoms with van der Waals surface area (Å²) in [5.41, 5.74) is 2.28. The van der Waals surface area contributed by atoms with Crippen molar-refractivity contribution in [1.29, 1.82) is 0 Å². The molecule has 0 heterocycles. The standard InChI is InChI=1S/C25H28N2O5S/c1-3-31-24-11-7-10-21(16-24)17-26-25(28)18-27(33(2,29)30)22-12-14-23(15-13-22)32-19-20-8-5-4-6-9-20/h4-16H,3,17-19H2,1-2H3,(H,26,28). The molecule has 0 radical (unpaired) electrons. The molecule has 0 bridgehead atoms. The number of nitrogens with one attached hydrogen (secondary N) is 1. The third kappa shape index (κ3) is 7.54. The molecule has 8 heteroatoms.